The van der Waals surface area contributed by atoms with Crippen LogP contribution in [-0.2, 0) is 12.8 Å². The third-order valence-electron chi connectivity index (χ3n) is 4.18. The Kier molecular flexibility index (Phi) is 4.85. The average molecular weight is 256 g/mol. The smallest absolute Gasteiger partial charge is 0.0625 e. The lowest BCUT2D eigenvalue weighted by Crippen LogP contribution is -2.36. The molecule has 102 valence electrons. The number of aryl methyl sites for hydroxylation is 2. The van der Waals surface area contributed by atoms with Crippen LogP contribution in [0.15, 0.2) is 18.2 Å². The highest BCUT2D eigenvalue weighted by Crippen LogP contribution is 2.31. The van der Waals surface area contributed by atoms with Crippen molar-refractivity contribution in [2.75, 3.05) is 18.0 Å². The number of hydrogen-bond donors (Lipinski definition) is 0. The van der Waals surface area contributed by atoms with Crippen LogP contribution in [0.4, 0.5) is 5.69 Å². The first-order valence-electron chi connectivity index (χ1n) is 7.52. The molecule has 2 nitrogen and oxygen atoms in total. The van der Waals surface area contributed by atoms with Crippen LogP contribution in [0.3, 0.4) is 0 Å². The number of hydrogen-bond acceptors (Lipinski definition) is 2. The van der Waals surface area contributed by atoms with Gasteiger partial charge in [0, 0.05) is 25.2 Å². The molecule has 1 aliphatic heterocycles. The maximum absolute atomic E-state index is 8.91. The largest absolute Gasteiger partial charge is 0.371 e. The minimum atomic E-state index is 0.549. The van der Waals surface area contributed by atoms with E-state index in [1.807, 2.05) is 0 Å². The molecule has 0 spiro atoms. The molecule has 2 rings (SSSR count). The predicted octanol–water partition coefficient (Wildman–Crippen LogP) is 3.94. The van der Waals surface area contributed by atoms with Gasteiger partial charge >= 0.3 is 0 Å². The summed E-state index contributed by atoms with van der Waals surface area (Å²) >= 11 is 0. The lowest BCUT2D eigenvalue weighted by Gasteiger charge is -2.36. The van der Waals surface area contributed by atoms with Crippen LogP contribution in [-0.4, -0.2) is 13.1 Å². The van der Waals surface area contributed by atoms with Gasteiger partial charge in [0.25, 0.3) is 0 Å². The molecule has 1 heterocycles. The third-order valence-corrected chi connectivity index (χ3v) is 4.18. The molecule has 19 heavy (non-hydrogen) atoms. The zero-order valence-corrected chi connectivity index (χ0v) is 12.2. The fourth-order valence-corrected chi connectivity index (χ4v) is 3.19. The molecule has 1 aliphatic rings. The second kappa shape index (κ2) is 6.61. The van der Waals surface area contributed by atoms with Crippen LogP contribution in [0.25, 0.3) is 0 Å². The maximum atomic E-state index is 8.91. The minimum Gasteiger partial charge on any atom is -0.371 e. The summed E-state index contributed by atoms with van der Waals surface area (Å²) in [5.41, 5.74) is 4.36. The van der Waals surface area contributed by atoms with E-state index in [0.29, 0.717) is 12.3 Å². The fraction of sp³-hybridized carbons (Fsp3) is 0.588. The molecule has 0 aromatic heterocycles. The maximum Gasteiger partial charge on any atom is 0.0625 e. The van der Waals surface area contributed by atoms with Gasteiger partial charge in [-0.3, -0.25) is 0 Å². The molecule has 1 atom stereocenters. The van der Waals surface area contributed by atoms with E-state index in [1.165, 1.54) is 29.7 Å². The molecular weight excluding hydrogens is 232 g/mol. The van der Waals surface area contributed by atoms with E-state index in [-0.39, 0.29) is 0 Å². The molecule has 0 aliphatic carbocycles. The first-order valence-corrected chi connectivity index (χ1v) is 7.52. The molecule has 0 saturated carbocycles. The topological polar surface area (TPSA) is 27.0 Å². The van der Waals surface area contributed by atoms with Gasteiger partial charge in [-0.2, -0.15) is 5.26 Å². The molecule has 0 amide bonds. The highest BCUT2D eigenvalue weighted by Gasteiger charge is 2.22. The summed E-state index contributed by atoms with van der Waals surface area (Å²) in [6.45, 7) is 6.66. The van der Waals surface area contributed by atoms with Gasteiger partial charge in [-0.05, 0) is 42.7 Å². The van der Waals surface area contributed by atoms with Gasteiger partial charge in [-0.25, -0.2) is 0 Å². The summed E-state index contributed by atoms with van der Waals surface area (Å²) in [6, 6.07) is 9.02. The van der Waals surface area contributed by atoms with Crippen molar-refractivity contribution in [3.63, 3.8) is 0 Å². The van der Waals surface area contributed by atoms with Gasteiger partial charge in [0.05, 0.1) is 6.07 Å². The monoisotopic (exact) mass is 256 g/mol. The van der Waals surface area contributed by atoms with E-state index >= 15 is 0 Å². The van der Waals surface area contributed by atoms with Gasteiger partial charge in [-0.1, -0.05) is 32.0 Å². The van der Waals surface area contributed by atoms with E-state index in [1.54, 1.807) is 0 Å². The number of benzene rings is 1. The Bertz CT molecular complexity index is 437. The van der Waals surface area contributed by atoms with Crippen molar-refractivity contribution in [3.8, 4) is 6.07 Å². The Morgan fingerprint density at radius 2 is 1.95 bits per heavy atom. The average Bonchev–Trinajstić information content (AvgIpc) is 2.47. The SMILES string of the molecule is CCc1cccc(CC)c1N1CCCC(CC#N)C1. The lowest BCUT2D eigenvalue weighted by atomic mass is 9.93. The van der Waals surface area contributed by atoms with Crippen molar-refractivity contribution in [2.45, 2.75) is 46.0 Å². The molecule has 1 unspecified atom stereocenters. The van der Waals surface area contributed by atoms with Crippen molar-refractivity contribution in [1.82, 2.24) is 0 Å². The molecule has 1 fully saturated rings. The molecule has 1 aromatic carbocycles. The van der Waals surface area contributed by atoms with E-state index < -0.39 is 0 Å². The van der Waals surface area contributed by atoms with Crippen molar-refractivity contribution < 1.29 is 0 Å². The van der Waals surface area contributed by atoms with Crippen molar-refractivity contribution >= 4 is 5.69 Å². The van der Waals surface area contributed by atoms with Gasteiger partial charge < -0.3 is 4.90 Å². The van der Waals surface area contributed by atoms with E-state index in [4.69, 9.17) is 5.26 Å². The van der Waals surface area contributed by atoms with Gasteiger partial charge in [0.1, 0.15) is 0 Å². The molecular formula is C17H24N2. The van der Waals surface area contributed by atoms with Crippen LogP contribution < -0.4 is 4.90 Å². The Morgan fingerprint density at radius 3 is 2.53 bits per heavy atom. The highest BCUT2D eigenvalue weighted by atomic mass is 15.1. The lowest BCUT2D eigenvalue weighted by molar-refractivity contribution is 0.421. The Morgan fingerprint density at radius 1 is 1.26 bits per heavy atom. The van der Waals surface area contributed by atoms with Crippen LogP contribution in [0.1, 0.15) is 44.2 Å². The van der Waals surface area contributed by atoms with E-state index in [9.17, 15) is 0 Å². The predicted molar refractivity (Wildman–Crippen MR) is 80.4 cm³/mol. The quantitative estimate of drug-likeness (QED) is 0.816. The first kappa shape index (κ1) is 13.9. The van der Waals surface area contributed by atoms with Crippen LogP contribution in [0.5, 0.6) is 0 Å². The van der Waals surface area contributed by atoms with E-state index in [2.05, 4.69) is 43.0 Å². The van der Waals surface area contributed by atoms with Crippen LogP contribution in [0, 0.1) is 17.2 Å². The number of para-hydroxylation sites is 1. The number of rotatable bonds is 4. The summed E-state index contributed by atoms with van der Waals surface area (Å²) < 4.78 is 0. The second-order valence-corrected chi connectivity index (χ2v) is 5.45. The standard InChI is InChI=1S/C17H24N2/c1-3-15-8-5-9-16(4-2)17(15)19-12-6-7-14(13-19)10-11-18/h5,8-9,14H,3-4,6-7,10,12-13H2,1-2H3. The molecule has 1 saturated heterocycles. The summed E-state index contributed by atoms with van der Waals surface area (Å²) in [5.74, 6) is 0.549. The highest BCUT2D eigenvalue weighted by molar-refractivity contribution is 5.60. The number of nitriles is 1. The number of piperidine rings is 1. The van der Waals surface area contributed by atoms with Gasteiger partial charge in [-0.15, -0.1) is 0 Å². The summed E-state index contributed by atoms with van der Waals surface area (Å²) in [5, 5.41) is 8.91. The van der Waals surface area contributed by atoms with Crippen LogP contribution in [0.2, 0.25) is 0 Å². The van der Waals surface area contributed by atoms with Crippen molar-refractivity contribution in [1.29, 1.82) is 5.26 Å². The molecule has 0 bridgehead atoms. The summed E-state index contributed by atoms with van der Waals surface area (Å²) in [4.78, 5) is 2.53. The van der Waals surface area contributed by atoms with Gasteiger partial charge in [0.2, 0.25) is 0 Å². The molecule has 0 N–H and O–H groups in total. The summed E-state index contributed by atoms with van der Waals surface area (Å²) in [6.07, 6.45) is 5.30. The Labute approximate surface area is 117 Å². The minimum absolute atomic E-state index is 0.549. The molecule has 0 radical (unpaired) electrons. The fourth-order valence-electron chi connectivity index (χ4n) is 3.19. The first-order chi connectivity index (χ1) is 9.30. The zero-order valence-electron chi connectivity index (χ0n) is 12.2. The van der Waals surface area contributed by atoms with E-state index in [0.717, 1.165) is 25.9 Å². The van der Waals surface area contributed by atoms with Crippen molar-refractivity contribution in [3.05, 3.63) is 29.3 Å². The summed E-state index contributed by atoms with van der Waals surface area (Å²) in [7, 11) is 0. The van der Waals surface area contributed by atoms with Gasteiger partial charge in [0.15, 0.2) is 0 Å². The molecule has 2 heteroatoms. The number of nitrogens with zero attached hydrogens (tertiary/aromatic N) is 2. The normalized spacial score (nSPS) is 19.2. The zero-order chi connectivity index (χ0) is 13.7. The number of anilines is 1. The Balaban J connectivity index is 2.27. The van der Waals surface area contributed by atoms with Crippen LogP contribution >= 0.6 is 0 Å². The Hall–Kier alpha value is -1.49. The third kappa shape index (κ3) is 3.10. The second-order valence-electron chi connectivity index (χ2n) is 5.45. The molecule has 1 aromatic rings. The van der Waals surface area contributed by atoms with Crippen molar-refractivity contribution in [2.24, 2.45) is 5.92 Å².